The number of aromatic nitrogens is 2. The van der Waals surface area contributed by atoms with Crippen molar-refractivity contribution in [2.45, 2.75) is 6.54 Å². The molecule has 130 valence electrons. The highest BCUT2D eigenvalue weighted by atomic mass is 16.1. The second-order valence-corrected chi connectivity index (χ2v) is 6.41. The van der Waals surface area contributed by atoms with Crippen molar-refractivity contribution in [1.82, 2.24) is 14.3 Å². The van der Waals surface area contributed by atoms with E-state index in [9.17, 15) is 10.1 Å². The second-order valence-electron chi connectivity index (χ2n) is 6.41. The zero-order valence-electron chi connectivity index (χ0n) is 14.4. The summed E-state index contributed by atoms with van der Waals surface area (Å²) in [6.07, 6.45) is 1.74. The Hall–Kier alpha value is -3.17. The van der Waals surface area contributed by atoms with Gasteiger partial charge in [0.2, 0.25) is 0 Å². The van der Waals surface area contributed by atoms with Gasteiger partial charge in [0, 0.05) is 45.0 Å². The highest BCUT2D eigenvalue weighted by Gasteiger charge is 2.19. The Morgan fingerprint density at radius 1 is 1.04 bits per heavy atom. The van der Waals surface area contributed by atoms with Gasteiger partial charge in [-0.25, -0.2) is 4.98 Å². The average Bonchev–Trinajstić information content (AvgIpc) is 2.69. The van der Waals surface area contributed by atoms with E-state index in [1.165, 1.54) is 0 Å². The topological polar surface area (TPSA) is 64.6 Å². The number of benzene rings is 1. The summed E-state index contributed by atoms with van der Waals surface area (Å²) in [6, 6.07) is 17.2. The number of rotatable bonds is 3. The van der Waals surface area contributed by atoms with Gasteiger partial charge < -0.3 is 4.90 Å². The zero-order chi connectivity index (χ0) is 17.9. The molecule has 3 aromatic rings. The molecule has 0 radical (unpaired) electrons. The summed E-state index contributed by atoms with van der Waals surface area (Å²) >= 11 is 0. The van der Waals surface area contributed by atoms with Crippen LogP contribution in [0.1, 0.15) is 11.3 Å². The maximum atomic E-state index is 12.2. The van der Waals surface area contributed by atoms with Gasteiger partial charge in [-0.3, -0.25) is 14.1 Å². The fourth-order valence-electron chi connectivity index (χ4n) is 3.40. The minimum Gasteiger partial charge on any atom is -0.368 e. The normalized spacial score (nSPS) is 15.1. The zero-order valence-corrected chi connectivity index (χ0v) is 14.4. The van der Waals surface area contributed by atoms with Crippen LogP contribution in [-0.2, 0) is 6.54 Å². The van der Waals surface area contributed by atoms with E-state index in [-0.39, 0.29) is 5.56 Å². The number of fused-ring (bicyclic) bond motifs is 1. The molecule has 4 rings (SSSR count). The Kier molecular flexibility index (Phi) is 4.38. The van der Waals surface area contributed by atoms with Crippen LogP contribution in [0, 0.1) is 11.3 Å². The van der Waals surface area contributed by atoms with Crippen molar-refractivity contribution in [2.75, 3.05) is 31.1 Å². The molecule has 3 heterocycles. The van der Waals surface area contributed by atoms with Gasteiger partial charge in [0.15, 0.2) is 0 Å². The minimum atomic E-state index is -0.0489. The predicted molar refractivity (Wildman–Crippen MR) is 100 cm³/mol. The quantitative estimate of drug-likeness (QED) is 0.725. The summed E-state index contributed by atoms with van der Waals surface area (Å²) in [5.74, 6) is 0. The molecule has 0 atom stereocenters. The van der Waals surface area contributed by atoms with Gasteiger partial charge in [-0.2, -0.15) is 5.26 Å². The van der Waals surface area contributed by atoms with Crippen molar-refractivity contribution in [1.29, 1.82) is 5.26 Å². The first-order chi connectivity index (χ1) is 12.7. The van der Waals surface area contributed by atoms with E-state index in [0.717, 1.165) is 37.6 Å². The molecular weight excluding hydrogens is 326 g/mol. The van der Waals surface area contributed by atoms with Gasteiger partial charge in [-0.05, 0) is 24.3 Å². The SMILES string of the molecule is N#Cc1ccccc1N1CCN(Cc2cc(=O)n3ccccc3n2)CC1. The molecule has 1 aromatic carbocycles. The summed E-state index contributed by atoms with van der Waals surface area (Å²) < 4.78 is 1.56. The molecule has 1 fully saturated rings. The van der Waals surface area contributed by atoms with E-state index in [1.807, 2.05) is 42.5 Å². The Morgan fingerprint density at radius 2 is 1.81 bits per heavy atom. The predicted octanol–water partition coefficient (Wildman–Crippen LogP) is 1.89. The maximum Gasteiger partial charge on any atom is 0.258 e. The molecule has 0 aliphatic carbocycles. The fraction of sp³-hybridized carbons (Fsp3) is 0.250. The van der Waals surface area contributed by atoms with Gasteiger partial charge in [0.05, 0.1) is 16.9 Å². The first-order valence-electron chi connectivity index (χ1n) is 8.68. The third kappa shape index (κ3) is 3.17. The minimum absolute atomic E-state index is 0.0489. The number of nitriles is 1. The summed E-state index contributed by atoms with van der Waals surface area (Å²) in [4.78, 5) is 21.4. The Labute approximate surface area is 151 Å². The highest BCUT2D eigenvalue weighted by Crippen LogP contribution is 2.21. The van der Waals surface area contributed by atoms with E-state index in [0.29, 0.717) is 17.8 Å². The number of pyridine rings is 1. The second kappa shape index (κ2) is 6.98. The molecule has 6 heteroatoms. The molecule has 6 nitrogen and oxygen atoms in total. The number of hydrogen-bond acceptors (Lipinski definition) is 5. The molecule has 1 aliphatic rings. The van der Waals surface area contributed by atoms with Crippen LogP contribution in [0.3, 0.4) is 0 Å². The maximum absolute atomic E-state index is 12.2. The smallest absolute Gasteiger partial charge is 0.258 e. The Morgan fingerprint density at radius 3 is 2.62 bits per heavy atom. The Bertz CT molecular complexity index is 1030. The number of nitrogens with zero attached hydrogens (tertiary/aromatic N) is 5. The number of para-hydroxylation sites is 1. The molecule has 0 unspecified atom stereocenters. The van der Waals surface area contributed by atoms with Crippen LogP contribution in [0.4, 0.5) is 5.69 Å². The van der Waals surface area contributed by atoms with Crippen molar-refractivity contribution in [3.63, 3.8) is 0 Å². The Balaban J connectivity index is 1.46. The van der Waals surface area contributed by atoms with Crippen LogP contribution in [0.15, 0.2) is 59.5 Å². The molecule has 0 amide bonds. The van der Waals surface area contributed by atoms with E-state index >= 15 is 0 Å². The summed E-state index contributed by atoms with van der Waals surface area (Å²) in [6.45, 7) is 4.11. The molecule has 0 spiro atoms. The fourth-order valence-corrected chi connectivity index (χ4v) is 3.40. The lowest BCUT2D eigenvalue weighted by Gasteiger charge is -2.36. The van der Waals surface area contributed by atoms with Crippen LogP contribution in [0.25, 0.3) is 5.65 Å². The van der Waals surface area contributed by atoms with Gasteiger partial charge in [0.25, 0.3) is 5.56 Å². The largest absolute Gasteiger partial charge is 0.368 e. The van der Waals surface area contributed by atoms with Crippen molar-refractivity contribution in [3.8, 4) is 6.07 Å². The summed E-state index contributed by atoms with van der Waals surface area (Å²) in [5, 5.41) is 9.28. The number of hydrogen-bond donors (Lipinski definition) is 0. The highest BCUT2D eigenvalue weighted by molar-refractivity contribution is 5.59. The monoisotopic (exact) mass is 345 g/mol. The van der Waals surface area contributed by atoms with Crippen LogP contribution in [-0.4, -0.2) is 40.5 Å². The summed E-state index contributed by atoms with van der Waals surface area (Å²) in [5.41, 5.74) is 3.14. The lowest BCUT2D eigenvalue weighted by molar-refractivity contribution is 0.247. The third-order valence-electron chi connectivity index (χ3n) is 4.75. The standard InChI is InChI=1S/C20H19N5O/c21-14-16-5-1-2-6-18(16)24-11-9-23(10-12-24)15-17-13-20(26)25-8-4-3-7-19(25)22-17/h1-8,13H,9-12,15H2. The summed E-state index contributed by atoms with van der Waals surface area (Å²) in [7, 11) is 0. The molecule has 0 saturated carbocycles. The van der Waals surface area contributed by atoms with Gasteiger partial charge >= 0.3 is 0 Å². The van der Waals surface area contributed by atoms with Crippen molar-refractivity contribution < 1.29 is 0 Å². The van der Waals surface area contributed by atoms with Crippen LogP contribution >= 0.6 is 0 Å². The van der Waals surface area contributed by atoms with Crippen LogP contribution in [0.5, 0.6) is 0 Å². The van der Waals surface area contributed by atoms with Crippen LogP contribution in [0.2, 0.25) is 0 Å². The number of piperazine rings is 1. The molecule has 0 bridgehead atoms. The lowest BCUT2D eigenvalue weighted by Crippen LogP contribution is -2.46. The van der Waals surface area contributed by atoms with E-state index in [1.54, 1.807) is 16.7 Å². The van der Waals surface area contributed by atoms with Crippen molar-refractivity contribution >= 4 is 11.3 Å². The van der Waals surface area contributed by atoms with E-state index in [2.05, 4.69) is 20.9 Å². The first kappa shape index (κ1) is 16.3. The molecule has 0 N–H and O–H groups in total. The molecular formula is C20H19N5O. The van der Waals surface area contributed by atoms with Gasteiger partial charge in [0.1, 0.15) is 11.7 Å². The first-order valence-corrected chi connectivity index (χ1v) is 8.68. The lowest BCUT2D eigenvalue weighted by atomic mass is 10.1. The third-order valence-corrected chi connectivity index (χ3v) is 4.75. The van der Waals surface area contributed by atoms with E-state index in [4.69, 9.17) is 0 Å². The molecule has 2 aromatic heterocycles. The molecule has 26 heavy (non-hydrogen) atoms. The van der Waals surface area contributed by atoms with Crippen molar-refractivity contribution in [3.05, 3.63) is 76.3 Å². The van der Waals surface area contributed by atoms with Crippen molar-refractivity contribution in [2.24, 2.45) is 0 Å². The van der Waals surface area contributed by atoms with Crippen LogP contribution < -0.4 is 10.5 Å². The molecule has 1 aliphatic heterocycles. The van der Waals surface area contributed by atoms with E-state index < -0.39 is 0 Å². The average molecular weight is 345 g/mol. The van der Waals surface area contributed by atoms with Gasteiger partial charge in [-0.15, -0.1) is 0 Å². The number of anilines is 1. The molecule has 1 saturated heterocycles. The van der Waals surface area contributed by atoms with Gasteiger partial charge in [-0.1, -0.05) is 18.2 Å².